The van der Waals surface area contributed by atoms with Gasteiger partial charge in [0.05, 0.1) is 7.11 Å². The summed E-state index contributed by atoms with van der Waals surface area (Å²) in [7, 11) is 1.58. The van der Waals surface area contributed by atoms with Crippen molar-refractivity contribution in [3.63, 3.8) is 0 Å². The van der Waals surface area contributed by atoms with Crippen molar-refractivity contribution in [3.05, 3.63) is 29.6 Å². The molecule has 1 aliphatic heterocycles. The van der Waals surface area contributed by atoms with Crippen LogP contribution in [0.4, 0.5) is 4.39 Å². The van der Waals surface area contributed by atoms with Crippen molar-refractivity contribution in [2.24, 2.45) is 4.99 Å². The van der Waals surface area contributed by atoms with E-state index in [2.05, 4.69) is 15.6 Å². The second-order valence-electron chi connectivity index (χ2n) is 3.82. The second kappa shape index (κ2) is 7.40. The van der Waals surface area contributed by atoms with Gasteiger partial charge in [0.2, 0.25) is 0 Å². The lowest BCUT2D eigenvalue weighted by Gasteiger charge is -2.17. The Hall–Kier alpha value is -1.05. The number of benzene rings is 1. The number of aliphatic imine (C=N–C) groups is 1. The molecule has 0 radical (unpaired) electrons. The normalized spacial score (nSPS) is 14.0. The van der Waals surface area contributed by atoms with Gasteiger partial charge in [-0.1, -0.05) is 0 Å². The summed E-state index contributed by atoms with van der Waals surface area (Å²) >= 11 is 0. The Kier molecular flexibility index (Phi) is 6.17. The van der Waals surface area contributed by atoms with Gasteiger partial charge in [0.1, 0.15) is 11.6 Å². The lowest BCUT2D eigenvalue weighted by Crippen LogP contribution is -2.40. The topological polar surface area (TPSA) is 45.6 Å². The van der Waals surface area contributed by atoms with Crippen LogP contribution in [-0.2, 0) is 6.54 Å². The quantitative estimate of drug-likeness (QED) is 0.805. The summed E-state index contributed by atoms with van der Waals surface area (Å²) in [5.41, 5.74) is 0.780. The minimum Gasteiger partial charge on any atom is -0.496 e. The number of hydrogen-bond donors (Lipinski definition) is 2. The number of rotatable bonds is 3. The predicted molar refractivity (Wildman–Crippen MR) is 80.1 cm³/mol. The molecule has 0 saturated carbocycles. The highest BCUT2D eigenvalue weighted by molar-refractivity contribution is 14.0. The SMILES string of the molecule is COc1ccc(F)cc1CNC1=NCCCN1.I. The maximum Gasteiger partial charge on any atom is 0.191 e. The standard InChI is InChI=1S/C12H16FN3O.HI/c1-17-11-4-3-10(13)7-9(11)8-16-12-14-5-2-6-15-12;/h3-4,7H,2,5-6,8H2,1H3,(H2,14,15,16);1H. The first-order chi connectivity index (χ1) is 8.29. The lowest BCUT2D eigenvalue weighted by molar-refractivity contribution is 0.407. The Labute approximate surface area is 123 Å². The van der Waals surface area contributed by atoms with Crippen LogP contribution in [0.3, 0.4) is 0 Å². The largest absolute Gasteiger partial charge is 0.496 e. The molecule has 1 aliphatic rings. The van der Waals surface area contributed by atoms with E-state index in [1.165, 1.54) is 12.1 Å². The second-order valence-corrected chi connectivity index (χ2v) is 3.82. The molecular weight excluding hydrogens is 348 g/mol. The molecule has 0 amide bonds. The molecule has 4 nitrogen and oxygen atoms in total. The smallest absolute Gasteiger partial charge is 0.191 e. The van der Waals surface area contributed by atoms with Gasteiger partial charge >= 0.3 is 0 Å². The number of hydrogen-bond acceptors (Lipinski definition) is 4. The number of nitrogens with zero attached hydrogens (tertiary/aromatic N) is 1. The van der Waals surface area contributed by atoms with E-state index in [0.717, 1.165) is 31.0 Å². The van der Waals surface area contributed by atoms with E-state index < -0.39 is 0 Å². The molecule has 0 saturated heterocycles. The van der Waals surface area contributed by atoms with Crippen LogP contribution < -0.4 is 15.4 Å². The average molecular weight is 365 g/mol. The van der Waals surface area contributed by atoms with E-state index in [-0.39, 0.29) is 29.8 Å². The summed E-state index contributed by atoms with van der Waals surface area (Å²) in [6, 6.07) is 4.48. The highest BCUT2D eigenvalue weighted by Crippen LogP contribution is 2.18. The Morgan fingerprint density at radius 1 is 1.50 bits per heavy atom. The van der Waals surface area contributed by atoms with Gasteiger partial charge in [-0.05, 0) is 24.6 Å². The molecule has 1 aromatic carbocycles. The first kappa shape index (κ1) is 15.0. The Bertz CT molecular complexity index is 426. The lowest BCUT2D eigenvalue weighted by atomic mass is 10.2. The molecule has 2 N–H and O–H groups in total. The van der Waals surface area contributed by atoms with E-state index in [4.69, 9.17) is 4.74 Å². The summed E-state index contributed by atoms with van der Waals surface area (Å²) in [6.45, 7) is 2.24. The van der Waals surface area contributed by atoms with Gasteiger partial charge in [0.15, 0.2) is 5.96 Å². The van der Waals surface area contributed by atoms with Gasteiger partial charge in [-0.25, -0.2) is 4.39 Å². The summed E-state index contributed by atoms with van der Waals surface area (Å²) in [6.07, 6.45) is 1.05. The van der Waals surface area contributed by atoms with E-state index in [1.54, 1.807) is 13.2 Å². The van der Waals surface area contributed by atoms with Gasteiger partial charge in [0.25, 0.3) is 0 Å². The van der Waals surface area contributed by atoms with Crippen LogP contribution in [0.15, 0.2) is 23.2 Å². The van der Waals surface area contributed by atoms with Crippen LogP contribution in [-0.4, -0.2) is 26.2 Å². The van der Waals surface area contributed by atoms with Gasteiger partial charge in [-0.3, -0.25) is 4.99 Å². The molecule has 1 heterocycles. The zero-order valence-electron chi connectivity index (χ0n) is 10.2. The van der Waals surface area contributed by atoms with Gasteiger partial charge in [0, 0.05) is 25.2 Å². The summed E-state index contributed by atoms with van der Waals surface area (Å²) in [5.74, 6) is 1.18. The molecule has 6 heteroatoms. The Morgan fingerprint density at radius 2 is 2.33 bits per heavy atom. The van der Waals surface area contributed by atoms with Crippen LogP contribution in [0.5, 0.6) is 5.75 Å². The zero-order chi connectivity index (χ0) is 12.1. The molecule has 0 aliphatic carbocycles. The Balaban J connectivity index is 0.00000162. The molecule has 100 valence electrons. The van der Waals surface area contributed by atoms with Crippen LogP contribution in [0, 0.1) is 5.82 Å². The highest BCUT2D eigenvalue weighted by atomic mass is 127. The fourth-order valence-corrected chi connectivity index (χ4v) is 1.72. The zero-order valence-corrected chi connectivity index (χ0v) is 12.5. The molecule has 0 spiro atoms. The number of nitrogens with one attached hydrogen (secondary N) is 2. The third-order valence-corrected chi connectivity index (χ3v) is 2.59. The van der Waals surface area contributed by atoms with Gasteiger partial charge in [-0.2, -0.15) is 0 Å². The fourth-order valence-electron chi connectivity index (χ4n) is 1.72. The van der Waals surface area contributed by atoms with E-state index >= 15 is 0 Å². The minimum atomic E-state index is -0.263. The number of halogens is 2. The summed E-state index contributed by atoms with van der Waals surface area (Å²) in [4.78, 5) is 4.28. The van der Waals surface area contributed by atoms with Crippen molar-refractivity contribution in [1.82, 2.24) is 10.6 Å². The molecule has 1 aromatic rings. The summed E-state index contributed by atoms with van der Waals surface area (Å²) in [5, 5.41) is 6.28. The Morgan fingerprint density at radius 3 is 3.00 bits per heavy atom. The van der Waals surface area contributed by atoms with Crippen molar-refractivity contribution in [1.29, 1.82) is 0 Å². The average Bonchev–Trinajstić information content (AvgIpc) is 2.38. The molecule has 0 fully saturated rings. The fraction of sp³-hybridized carbons (Fsp3) is 0.417. The molecule has 18 heavy (non-hydrogen) atoms. The number of guanidine groups is 1. The van der Waals surface area contributed by atoms with Crippen molar-refractivity contribution in [3.8, 4) is 5.75 Å². The van der Waals surface area contributed by atoms with E-state index in [1.807, 2.05) is 0 Å². The van der Waals surface area contributed by atoms with Crippen LogP contribution in [0.25, 0.3) is 0 Å². The third-order valence-electron chi connectivity index (χ3n) is 2.59. The van der Waals surface area contributed by atoms with Crippen molar-refractivity contribution < 1.29 is 9.13 Å². The first-order valence-electron chi connectivity index (χ1n) is 5.64. The minimum absolute atomic E-state index is 0. The molecule has 0 atom stereocenters. The van der Waals surface area contributed by atoms with E-state index in [0.29, 0.717) is 12.3 Å². The number of methoxy groups -OCH3 is 1. The van der Waals surface area contributed by atoms with Crippen molar-refractivity contribution in [2.45, 2.75) is 13.0 Å². The highest BCUT2D eigenvalue weighted by Gasteiger charge is 2.07. The summed E-state index contributed by atoms with van der Waals surface area (Å²) < 4.78 is 18.3. The van der Waals surface area contributed by atoms with Crippen LogP contribution in [0.1, 0.15) is 12.0 Å². The molecule has 0 aromatic heterocycles. The first-order valence-corrected chi connectivity index (χ1v) is 5.64. The van der Waals surface area contributed by atoms with Gasteiger partial charge < -0.3 is 15.4 Å². The van der Waals surface area contributed by atoms with Crippen molar-refractivity contribution in [2.75, 3.05) is 20.2 Å². The maximum absolute atomic E-state index is 13.1. The third kappa shape index (κ3) is 4.01. The monoisotopic (exact) mass is 365 g/mol. The molecule has 0 unspecified atom stereocenters. The van der Waals surface area contributed by atoms with E-state index in [9.17, 15) is 4.39 Å². The number of ether oxygens (including phenoxy) is 1. The maximum atomic E-state index is 13.1. The van der Waals surface area contributed by atoms with Crippen LogP contribution in [0.2, 0.25) is 0 Å². The van der Waals surface area contributed by atoms with Gasteiger partial charge in [-0.15, -0.1) is 24.0 Å². The van der Waals surface area contributed by atoms with Crippen molar-refractivity contribution >= 4 is 29.9 Å². The molecule has 2 rings (SSSR count). The predicted octanol–water partition coefficient (Wildman–Crippen LogP) is 1.89. The molecule has 0 bridgehead atoms. The molecular formula is C12H17FIN3O. The van der Waals surface area contributed by atoms with Crippen LogP contribution >= 0.6 is 24.0 Å².